The molecule has 0 atom stereocenters. The number of hydrogen-bond donors (Lipinski definition) is 0. The minimum Gasteiger partial charge on any atom is -0.371 e. The van der Waals surface area contributed by atoms with Gasteiger partial charge in [-0.1, -0.05) is 28.1 Å². The van der Waals surface area contributed by atoms with E-state index in [-0.39, 0.29) is 16.5 Å². The summed E-state index contributed by atoms with van der Waals surface area (Å²) < 4.78 is 69.7. The number of rotatable bonds is 4. The summed E-state index contributed by atoms with van der Waals surface area (Å²) >= 11 is 3.37. The van der Waals surface area contributed by atoms with Crippen molar-refractivity contribution in [3.05, 3.63) is 58.4 Å². The third-order valence-electron chi connectivity index (χ3n) is 5.15. The van der Waals surface area contributed by atoms with Gasteiger partial charge in [-0.15, -0.1) is 0 Å². The van der Waals surface area contributed by atoms with E-state index in [1.54, 1.807) is 6.07 Å². The molecule has 4 nitrogen and oxygen atoms in total. The Hall–Kier alpha value is -2.00. The molecule has 2 heterocycles. The average molecular weight is 487 g/mol. The molecule has 0 unspecified atom stereocenters. The van der Waals surface area contributed by atoms with Crippen molar-refractivity contribution in [2.75, 3.05) is 18.0 Å². The molecule has 29 heavy (non-hydrogen) atoms. The molecule has 1 aliphatic heterocycles. The summed E-state index contributed by atoms with van der Waals surface area (Å²) in [4.78, 5) is 1.44. The predicted octanol–water partition coefficient (Wildman–Crippen LogP) is 5.71. The monoisotopic (exact) mass is 486 g/mol. The lowest BCUT2D eigenvalue weighted by atomic mass is 10.1. The summed E-state index contributed by atoms with van der Waals surface area (Å²) in [7, 11) is -4.40. The van der Waals surface area contributed by atoms with Gasteiger partial charge in [-0.05, 0) is 43.5 Å². The van der Waals surface area contributed by atoms with Crippen molar-refractivity contribution in [1.29, 1.82) is 0 Å². The van der Waals surface area contributed by atoms with Crippen molar-refractivity contribution in [2.24, 2.45) is 0 Å². The first-order valence-corrected chi connectivity index (χ1v) is 11.4. The predicted molar refractivity (Wildman–Crippen MR) is 110 cm³/mol. The van der Waals surface area contributed by atoms with Gasteiger partial charge in [0.05, 0.1) is 5.52 Å². The molecule has 0 bridgehead atoms. The van der Waals surface area contributed by atoms with Gasteiger partial charge >= 0.3 is 0 Å². The van der Waals surface area contributed by atoms with Crippen molar-refractivity contribution in [1.82, 2.24) is 3.97 Å². The molecule has 0 saturated carbocycles. The Morgan fingerprint density at radius 2 is 1.72 bits per heavy atom. The van der Waals surface area contributed by atoms with Crippen LogP contribution in [0.2, 0.25) is 0 Å². The molecule has 9 heteroatoms. The van der Waals surface area contributed by atoms with Crippen LogP contribution < -0.4 is 4.90 Å². The summed E-state index contributed by atoms with van der Waals surface area (Å²) in [6.45, 7) is 1.42. The molecule has 0 aliphatic carbocycles. The van der Waals surface area contributed by atoms with Gasteiger partial charge in [0.15, 0.2) is 0 Å². The fraction of sp³-hybridized carbons (Fsp3) is 0.300. The van der Waals surface area contributed by atoms with E-state index in [1.165, 1.54) is 18.2 Å². The summed E-state index contributed by atoms with van der Waals surface area (Å²) in [5.41, 5.74) is 0.276. The third-order valence-corrected chi connectivity index (χ3v) is 7.31. The molecule has 0 spiro atoms. The van der Waals surface area contributed by atoms with Gasteiger partial charge in [-0.2, -0.15) is 0 Å². The minimum atomic E-state index is -4.40. The Morgan fingerprint density at radius 3 is 2.38 bits per heavy atom. The molecule has 1 fully saturated rings. The Labute approximate surface area is 175 Å². The molecule has 3 aromatic rings. The lowest BCUT2D eigenvalue weighted by molar-refractivity contribution is 0.153. The zero-order valence-corrected chi connectivity index (χ0v) is 17.7. The van der Waals surface area contributed by atoms with E-state index in [4.69, 9.17) is 0 Å². The van der Waals surface area contributed by atoms with Crippen LogP contribution in [0, 0.1) is 5.82 Å². The van der Waals surface area contributed by atoms with Crippen LogP contribution in [0.15, 0.2) is 52.0 Å². The van der Waals surface area contributed by atoms with E-state index in [9.17, 15) is 21.6 Å². The SMILES string of the molecule is O=S(=O)(c1ccccc1F)n1cc(C(F)F)c2c(N3CCCCC3)cc(Br)cc21. The van der Waals surface area contributed by atoms with Gasteiger partial charge in [-0.3, -0.25) is 0 Å². The minimum absolute atomic E-state index is 0.0958. The quantitative estimate of drug-likeness (QED) is 0.474. The van der Waals surface area contributed by atoms with Crippen LogP contribution in [-0.2, 0) is 10.0 Å². The Morgan fingerprint density at radius 1 is 1.03 bits per heavy atom. The van der Waals surface area contributed by atoms with Crippen LogP contribution in [-0.4, -0.2) is 25.5 Å². The van der Waals surface area contributed by atoms with Crippen molar-refractivity contribution < 1.29 is 21.6 Å². The van der Waals surface area contributed by atoms with E-state index >= 15 is 0 Å². The van der Waals surface area contributed by atoms with E-state index in [0.29, 0.717) is 23.2 Å². The molecule has 4 rings (SSSR count). The summed E-state index contributed by atoms with van der Waals surface area (Å²) in [6, 6.07) is 8.14. The van der Waals surface area contributed by atoms with Crippen LogP contribution in [0.3, 0.4) is 0 Å². The summed E-state index contributed by atoms with van der Waals surface area (Å²) in [6.07, 6.45) is 0.979. The van der Waals surface area contributed by atoms with E-state index < -0.39 is 27.2 Å². The van der Waals surface area contributed by atoms with Crippen LogP contribution in [0.1, 0.15) is 31.3 Å². The zero-order valence-electron chi connectivity index (χ0n) is 15.3. The number of hydrogen-bond acceptors (Lipinski definition) is 3. The second-order valence-electron chi connectivity index (χ2n) is 6.98. The highest BCUT2D eigenvalue weighted by Crippen LogP contribution is 2.41. The van der Waals surface area contributed by atoms with Crippen LogP contribution in [0.5, 0.6) is 0 Å². The molecule has 2 aromatic carbocycles. The summed E-state index contributed by atoms with van der Waals surface area (Å²) in [5.74, 6) is -0.931. The number of benzene rings is 2. The molecule has 0 amide bonds. The number of alkyl halides is 2. The van der Waals surface area contributed by atoms with Gasteiger partial charge in [-0.25, -0.2) is 25.6 Å². The lowest BCUT2D eigenvalue weighted by Crippen LogP contribution is -2.29. The number of piperidine rings is 1. The van der Waals surface area contributed by atoms with Crippen molar-refractivity contribution in [3.63, 3.8) is 0 Å². The largest absolute Gasteiger partial charge is 0.371 e. The highest BCUT2D eigenvalue weighted by molar-refractivity contribution is 9.10. The van der Waals surface area contributed by atoms with Gasteiger partial charge in [0.25, 0.3) is 16.4 Å². The second-order valence-corrected chi connectivity index (χ2v) is 9.68. The second kappa shape index (κ2) is 7.68. The van der Waals surface area contributed by atoms with Crippen LogP contribution >= 0.6 is 15.9 Å². The molecule has 154 valence electrons. The standard InChI is InChI=1S/C20H18BrF3N2O2S/c21-13-10-16(25-8-4-1-5-9-25)19-14(20(23)24)12-26(17(19)11-13)29(27,28)18-7-3-2-6-15(18)22/h2-3,6-7,10-12,20H,1,4-5,8-9H2. The van der Waals surface area contributed by atoms with E-state index in [0.717, 1.165) is 41.6 Å². The molecule has 0 N–H and O–H groups in total. The maximum Gasteiger partial charge on any atom is 0.271 e. The number of fused-ring (bicyclic) bond motifs is 1. The topological polar surface area (TPSA) is 42.3 Å². The van der Waals surface area contributed by atoms with E-state index in [1.807, 2.05) is 4.90 Å². The van der Waals surface area contributed by atoms with Crippen molar-refractivity contribution in [2.45, 2.75) is 30.6 Å². The molecular formula is C20H18BrF3N2O2S. The molecule has 1 saturated heterocycles. The average Bonchev–Trinajstić information content (AvgIpc) is 3.08. The first kappa shape index (κ1) is 20.3. The highest BCUT2D eigenvalue weighted by atomic mass is 79.9. The van der Waals surface area contributed by atoms with Crippen LogP contribution in [0.25, 0.3) is 10.9 Å². The van der Waals surface area contributed by atoms with Crippen LogP contribution in [0.4, 0.5) is 18.9 Å². The Kier molecular flexibility index (Phi) is 5.37. The highest BCUT2D eigenvalue weighted by Gasteiger charge is 2.29. The fourth-order valence-electron chi connectivity index (χ4n) is 3.82. The van der Waals surface area contributed by atoms with Gasteiger partial charge in [0.2, 0.25) is 0 Å². The molecule has 1 aliphatic rings. The van der Waals surface area contributed by atoms with Gasteiger partial charge in [0, 0.05) is 40.4 Å². The summed E-state index contributed by atoms with van der Waals surface area (Å²) in [5, 5.41) is 0.185. The number of aromatic nitrogens is 1. The number of nitrogens with zero attached hydrogens (tertiary/aromatic N) is 2. The fourth-order valence-corrected chi connectivity index (χ4v) is 5.68. The number of anilines is 1. The molecule has 1 aromatic heterocycles. The number of halogens is 4. The van der Waals surface area contributed by atoms with Crippen molar-refractivity contribution >= 4 is 42.5 Å². The van der Waals surface area contributed by atoms with Crippen molar-refractivity contribution in [3.8, 4) is 0 Å². The maximum absolute atomic E-state index is 14.2. The van der Waals surface area contributed by atoms with E-state index in [2.05, 4.69) is 15.9 Å². The first-order chi connectivity index (χ1) is 13.8. The lowest BCUT2D eigenvalue weighted by Gasteiger charge is -2.30. The smallest absolute Gasteiger partial charge is 0.271 e. The maximum atomic E-state index is 14.2. The Balaban J connectivity index is 2.02. The third kappa shape index (κ3) is 3.54. The molecule has 0 radical (unpaired) electrons. The first-order valence-electron chi connectivity index (χ1n) is 9.18. The molecular weight excluding hydrogens is 469 g/mol. The van der Waals surface area contributed by atoms with Gasteiger partial charge < -0.3 is 4.90 Å². The Bertz CT molecular complexity index is 1170. The van der Waals surface area contributed by atoms with Gasteiger partial charge in [0.1, 0.15) is 10.7 Å². The zero-order chi connectivity index (χ0) is 20.8. The normalized spacial score (nSPS) is 15.4.